The summed E-state index contributed by atoms with van der Waals surface area (Å²) in [5.41, 5.74) is 3.17. The van der Waals surface area contributed by atoms with Crippen LogP contribution in [0.5, 0.6) is 11.5 Å². The van der Waals surface area contributed by atoms with Crippen LogP contribution in [-0.4, -0.2) is 58.9 Å². The molecule has 1 saturated heterocycles. The van der Waals surface area contributed by atoms with Crippen molar-refractivity contribution in [2.75, 3.05) is 26.2 Å². The Balaban J connectivity index is 1.69. The van der Waals surface area contributed by atoms with Crippen molar-refractivity contribution in [1.29, 1.82) is 0 Å². The number of ketones is 1. The maximum absolute atomic E-state index is 13.4. The molecule has 1 aliphatic rings. The quantitative estimate of drug-likeness (QED) is 0.164. The molecule has 41 heavy (non-hydrogen) atoms. The average Bonchev–Trinajstić information content (AvgIpc) is 3.23. The number of likely N-dealkylation sites (tertiary alicyclic amines) is 1. The fourth-order valence-electron chi connectivity index (χ4n) is 5.07. The van der Waals surface area contributed by atoms with E-state index in [1.807, 2.05) is 75.4 Å². The summed E-state index contributed by atoms with van der Waals surface area (Å²) in [4.78, 5) is 30.6. The summed E-state index contributed by atoms with van der Waals surface area (Å²) in [6, 6.07) is 21.9. The Bertz CT molecular complexity index is 1380. The molecule has 0 aliphatic carbocycles. The van der Waals surface area contributed by atoms with E-state index in [0.29, 0.717) is 36.8 Å². The minimum atomic E-state index is -0.722. The molecule has 1 atom stereocenters. The van der Waals surface area contributed by atoms with Crippen LogP contribution in [-0.2, 0) is 16.2 Å². The molecule has 4 rings (SSSR count). The lowest BCUT2D eigenvalue weighted by Gasteiger charge is -2.28. The van der Waals surface area contributed by atoms with Gasteiger partial charge in [0.2, 0.25) is 0 Å². The van der Waals surface area contributed by atoms with Crippen LogP contribution in [0.4, 0.5) is 0 Å². The van der Waals surface area contributed by atoms with E-state index in [9.17, 15) is 14.7 Å². The minimum Gasteiger partial charge on any atom is -0.507 e. The second-order valence-corrected chi connectivity index (χ2v) is 10.5. The molecule has 0 spiro atoms. The lowest BCUT2D eigenvalue weighted by molar-refractivity contribution is -0.140. The van der Waals surface area contributed by atoms with Crippen LogP contribution in [0.1, 0.15) is 56.0 Å². The summed E-state index contributed by atoms with van der Waals surface area (Å²) in [5, 5.41) is 11.5. The first-order chi connectivity index (χ1) is 19.7. The second-order valence-electron chi connectivity index (χ2n) is 10.5. The lowest BCUT2D eigenvalue weighted by Crippen LogP contribution is -2.38. The topological polar surface area (TPSA) is 79.3 Å². The number of likely N-dealkylation sites (N-methyl/N-ethyl adjacent to an activating group) is 1. The van der Waals surface area contributed by atoms with E-state index in [4.69, 9.17) is 9.47 Å². The van der Waals surface area contributed by atoms with Crippen molar-refractivity contribution in [1.82, 2.24) is 9.80 Å². The van der Waals surface area contributed by atoms with Crippen LogP contribution in [0.25, 0.3) is 5.76 Å². The maximum Gasteiger partial charge on any atom is 0.295 e. The number of benzene rings is 3. The number of nitrogens with zero attached hydrogens (tertiary/aromatic N) is 2. The number of amides is 1. The van der Waals surface area contributed by atoms with Crippen LogP contribution >= 0.6 is 0 Å². The second kappa shape index (κ2) is 13.5. The van der Waals surface area contributed by atoms with Crippen LogP contribution in [0.3, 0.4) is 0 Å². The van der Waals surface area contributed by atoms with Crippen LogP contribution in [0.2, 0.25) is 0 Å². The van der Waals surface area contributed by atoms with E-state index in [2.05, 4.69) is 18.7 Å². The third-order valence-corrected chi connectivity index (χ3v) is 7.35. The van der Waals surface area contributed by atoms with E-state index < -0.39 is 17.7 Å². The third-order valence-electron chi connectivity index (χ3n) is 7.35. The molecule has 0 radical (unpaired) electrons. The van der Waals surface area contributed by atoms with Gasteiger partial charge < -0.3 is 24.4 Å². The van der Waals surface area contributed by atoms with Gasteiger partial charge in [0.25, 0.3) is 11.7 Å². The van der Waals surface area contributed by atoms with Gasteiger partial charge in [-0.05, 0) is 80.9 Å². The normalized spacial score (nSPS) is 16.6. The van der Waals surface area contributed by atoms with E-state index in [-0.39, 0.29) is 17.4 Å². The zero-order chi connectivity index (χ0) is 29.5. The van der Waals surface area contributed by atoms with Gasteiger partial charge in [-0.2, -0.15) is 0 Å². The highest BCUT2D eigenvalue weighted by Crippen LogP contribution is 2.40. The molecule has 216 valence electrons. The summed E-state index contributed by atoms with van der Waals surface area (Å²) >= 11 is 0. The average molecular weight is 557 g/mol. The molecule has 1 N–H and O–H groups in total. The van der Waals surface area contributed by atoms with Gasteiger partial charge in [-0.25, -0.2) is 0 Å². The number of aliphatic hydroxyl groups is 1. The van der Waals surface area contributed by atoms with E-state index in [1.54, 1.807) is 23.1 Å². The van der Waals surface area contributed by atoms with Crippen LogP contribution in [0.15, 0.2) is 78.4 Å². The van der Waals surface area contributed by atoms with Crippen LogP contribution in [0, 0.1) is 6.92 Å². The van der Waals surface area contributed by atoms with Crippen molar-refractivity contribution in [3.8, 4) is 11.5 Å². The molecule has 0 saturated carbocycles. The maximum atomic E-state index is 13.4. The van der Waals surface area contributed by atoms with Crippen molar-refractivity contribution < 1.29 is 24.2 Å². The predicted octanol–water partition coefficient (Wildman–Crippen LogP) is 6.12. The molecular weight excluding hydrogens is 516 g/mol. The predicted molar refractivity (Wildman–Crippen MR) is 161 cm³/mol. The highest BCUT2D eigenvalue weighted by molar-refractivity contribution is 6.46. The SMILES string of the molecule is CCN(CC)CCN1C(=O)C(=O)C(=C(O)c2ccc(OC(C)C)c(C)c2)C1c1ccc(OCc2ccccc2)cc1. The number of carbonyl (C=O) groups is 2. The van der Waals surface area contributed by atoms with Gasteiger partial charge in [-0.3, -0.25) is 9.59 Å². The Hall–Kier alpha value is -4.10. The first-order valence-electron chi connectivity index (χ1n) is 14.3. The molecule has 1 heterocycles. The molecule has 1 amide bonds. The van der Waals surface area contributed by atoms with Gasteiger partial charge in [0.15, 0.2) is 0 Å². The Kier molecular flexibility index (Phi) is 9.84. The van der Waals surface area contributed by atoms with Gasteiger partial charge in [0.05, 0.1) is 17.7 Å². The summed E-state index contributed by atoms with van der Waals surface area (Å²) in [6.07, 6.45) is 0.00363. The molecule has 3 aromatic rings. The summed E-state index contributed by atoms with van der Waals surface area (Å²) in [7, 11) is 0. The van der Waals surface area contributed by atoms with Gasteiger partial charge in [0.1, 0.15) is 23.9 Å². The standard InChI is InChI=1S/C34H40N2O5/c1-6-35(7-2)19-20-36-31(26-13-16-28(17-14-26)40-22-25-11-9-8-10-12-25)30(33(38)34(36)39)32(37)27-15-18-29(24(5)21-27)41-23(3)4/h8-18,21,23,31,37H,6-7,19-20,22H2,1-5H3. The van der Waals surface area contributed by atoms with E-state index >= 15 is 0 Å². The Morgan fingerprint density at radius 1 is 0.976 bits per heavy atom. The Morgan fingerprint density at radius 3 is 2.27 bits per heavy atom. The van der Waals surface area contributed by atoms with Crippen molar-refractivity contribution in [3.63, 3.8) is 0 Å². The largest absolute Gasteiger partial charge is 0.507 e. The number of hydrogen-bond acceptors (Lipinski definition) is 6. The fraction of sp³-hybridized carbons (Fsp3) is 0.353. The van der Waals surface area contributed by atoms with Crippen molar-refractivity contribution in [3.05, 3.63) is 101 Å². The Morgan fingerprint density at radius 2 is 1.66 bits per heavy atom. The first-order valence-corrected chi connectivity index (χ1v) is 14.3. The minimum absolute atomic E-state index is 0.00363. The van der Waals surface area contributed by atoms with Crippen molar-refractivity contribution >= 4 is 17.4 Å². The smallest absolute Gasteiger partial charge is 0.295 e. The highest BCUT2D eigenvalue weighted by atomic mass is 16.5. The van der Waals surface area contributed by atoms with E-state index in [0.717, 1.165) is 29.8 Å². The van der Waals surface area contributed by atoms with Gasteiger partial charge >= 0.3 is 0 Å². The summed E-state index contributed by atoms with van der Waals surface area (Å²) in [6.45, 7) is 13.0. The molecule has 7 nitrogen and oxygen atoms in total. The van der Waals surface area contributed by atoms with E-state index in [1.165, 1.54) is 0 Å². The lowest BCUT2D eigenvalue weighted by atomic mass is 9.94. The number of ether oxygens (including phenoxy) is 2. The number of aliphatic hydroxyl groups excluding tert-OH is 1. The summed E-state index contributed by atoms with van der Waals surface area (Å²) in [5.74, 6) is -0.101. The fourth-order valence-corrected chi connectivity index (χ4v) is 5.07. The molecule has 1 aliphatic heterocycles. The van der Waals surface area contributed by atoms with Crippen LogP contribution < -0.4 is 9.47 Å². The molecule has 3 aromatic carbocycles. The molecule has 7 heteroatoms. The van der Waals surface area contributed by atoms with Gasteiger partial charge in [-0.1, -0.05) is 56.3 Å². The molecule has 0 aromatic heterocycles. The number of Topliss-reactive ketones (excluding diaryl/α,β-unsaturated/α-hetero) is 1. The number of hydrogen-bond donors (Lipinski definition) is 1. The zero-order valence-electron chi connectivity index (χ0n) is 24.6. The first kappa shape index (κ1) is 29.9. The summed E-state index contributed by atoms with van der Waals surface area (Å²) < 4.78 is 11.8. The molecule has 1 fully saturated rings. The third kappa shape index (κ3) is 6.98. The van der Waals surface area contributed by atoms with Crippen molar-refractivity contribution in [2.45, 2.75) is 53.4 Å². The Labute approximate surface area is 243 Å². The number of rotatable bonds is 12. The van der Waals surface area contributed by atoms with Gasteiger partial charge in [-0.15, -0.1) is 0 Å². The molecular formula is C34H40N2O5. The monoisotopic (exact) mass is 556 g/mol. The molecule has 0 bridgehead atoms. The van der Waals surface area contributed by atoms with Gasteiger partial charge in [0, 0.05) is 18.7 Å². The number of aryl methyl sites for hydroxylation is 1. The molecule has 1 unspecified atom stereocenters. The zero-order valence-corrected chi connectivity index (χ0v) is 24.6. The number of carbonyl (C=O) groups excluding carboxylic acids is 2. The highest BCUT2D eigenvalue weighted by Gasteiger charge is 2.46. The van der Waals surface area contributed by atoms with Crippen molar-refractivity contribution in [2.24, 2.45) is 0 Å².